The van der Waals surface area contributed by atoms with E-state index in [2.05, 4.69) is 11.9 Å². The third-order valence-electron chi connectivity index (χ3n) is 5.25. The Labute approximate surface area is 149 Å². The number of likely N-dealkylation sites (N-methyl/N-ethyl adjacent to an activating group) is 1. The van der Waals surface area contributed by atoms with Crippen LogP contribution in [0.15, 0.2) is 60.7 Å². The average molecular weight is 338 g/mol. The topological polar surface area (TPSA) is 43.8 Å². The number of hydrogen-bond donors (Lipinski definition) is 1. The van der Waals surface area contributed by atoms with Crippen molar-refractivity contribution in [3.63, 3.8) is 0 Å². The largest absolute Gasteiger partial charge is 0.372 e. The molecule has 132 valence electrons. The van der Waals surface area contributed by atoms with Gasteiger partial charge in [0.1, 0.15) is 0 Å². The number of carbonyl (C=O) groups excluding carboxylic acids is 1. The number of aliphatic hydroxyl groups is 1. The Morgan fingerprint density at radius 3 is 1.88 bits per heavy atom. The predicted molar refractivity (Wildman–Crippen MR) is 99.2 cm³/mol. The van der Waals surface area contributed by atoms with Crippen LogP contribution in [0.2, 0.25) is 0 Å². The summed E-state index contributed by atoms with van der Waals surface area (Å²) in [5.41, 5.74) is -0.461. The van der Waals surface area contributed by atoms with E-state index in [1.54, 1.807) is 4.90 Å². The first kappa shape index (κ1) is 17.6. The third-order valence-corrected chi connectivity index (χ3v) is 5.25. The van der Waals surface area contributed by atoms with Crippen LogP contribution in [-0.2, 0) is 10.4 Å². The molecule has 0 spiro atoms. The summed E-state index contributed by atoms with van der Waals surface area (Å²) in [6.07, 6.45) is 1.86. The molecular formula is C21H26N2O2. The third kappa shape index (κ3) is 3.46. The van der Waals surface area contributed by atoms with Crippen LogP contribution in [0.5, 0.6) is 0 Å². The first-order chi connectivity index (χ1) is 12.0. The van der Waals surface area contributed by atoms with Gasteiger partial charge < -0.3 is 14.9 Å². The lowest BCUT2D eigenvalue weighted by atomic mass is 9.84. The molecule has 2 aromatic rings. The highest BCUT2D eigenvalue weighted by Gasteiger charge is 2.43. The number of rotatable bonds is 4. The summed E-state index contributed by atoms with van der Waals surface area (Å²) >= 11 is 0. The first-order valence-corrected chi connectivity index (χ1v) is 8.82. The average Bonchev–Trinajstić information content (AvgIpc) is 2.68. The Hall–Kier alpha value is -2.17. The van der Waals surface area contributed by atoms with Gasteiger partial charge in [-0.15, -0.1) is 0 Å². The van der Waals surface area contributed by atoms with Crippen molar-refractivity contribution in [3.8, 4) is 0 Å². The second-order valence-corrected chi connectivity index (χ2v) is 6.89. The van der Waals surface area contributed by atoms with Gasteiger partial charge in [-0.05, 0) is 44.1 Å². The van der Waals surface area contributed by atoms with Gasteiger partial charge in [-0.2, -0.15) is 0 Å². The zero-order valence-electron chi connectivity index (χ0n) is 14.9. The molecule has 1 heterocycles. The van der Waals surface area contributed by atoms with Gasteiger partial charge in [0.25, 0.3) is 5.91 Å². The summed E-state index contributed by atoms with van der Waals surface area (Å²) in [7, 11) is 3.91. The quantitative estimate of drug-likeness (QED) is 0.931. The van der Waals surface area contributed by atoms with Crippen molar-refractivity contribution in [1.29, 1.82) is 0 Å². The van der Waals surface area contributed by atoms with Crippen LogP contribution in [-0.4, -0.2) is 54.0 Å². The molecule has 0 aliphatic carbocycles. The number of benzene rings is 2. The van der Waals surface area contributed by atoms with Crippen molar-refractivity contribution in [3.05, 3.63) is 71.8 Å². The Bertz CT molecular complexity index is 655. The molecule has 0 atom stereocenters. The van der Waals surface area contributed by atoms with Crippen LogP contribution in [0.4, 0.5) is 0 Å². The van der Waals surface area contributed by atoms with E-state index >= 15 is 0 Å². The molecule has 1 N–H and O–H groups in total. The van der Waals surface area contributed by atoms with Crippen LogP contribution < -0.4 is 0 Å². The standard InChI is InChI=1S/C21H26N2O2/c1-22-15-13-19(14-16-22)23(2)20(24)21(25,17-9-5-3-6-10-17)18-11-7-4-8-12-18/h3-12,19,25H,13-16H2,1-2H3. The molecular weight excluding hydrogens is 312 g/mol. The summed E-state index contributed by atoms with van der Waals surface area (Å²) in [5.74, 6) is -0.264. The normalized spacial score (nSPS) is 16.6. The summed E-state index contributed by atoms with van der Waals surface area (Å²) in [6, 6.07) is 18.6. The molecule has 1 saturated heterocycles. The van der Waals surface area contributed by atoms with E-state index in [4.69, 9.17) is 0 Å². The number of likely N-dealkylation sites (tertiary alicyclic amines) is 1. The summed E-state index contributed by atoms with van der Waals surface area (Å²) in [5, 5.41) is 11.6. The minimum absolute atomic E-state index is 0.155. The van der Waals surface area contributed by atoms with Crippen LogP contribution in [0.1, 0.15) is 24.0 Å². The van der Waals surface area contributed by atoms with E-state index in [1.807, 2.05) is 67.7 Å². The van der Waals surface area contributed by atoms with Gasteiger partial charge in [-0.1, -0.05) is 60.7 Å². The number of piperidine rings is 1. The lowest BCUT2D eigenvalue weighted by molar-refractivity contribution is -0.149. The summed E-state index contributed by atoms with van der Waals surface area (Å²) in [4.78, 5) is 17.4. The predicted octanol–water partition coefficient (Wildman–Crippen LogP) is 2.48. The zero-order valence-corrected chi connectivity index (χ0v) is 14.9. The maximum Gasteiger partial charge on any atom is 0.263 e. The fourth-order valence-electron chi connectivity index (χ4n) is 3.58. The molecule has 4 nitrogen and oxygen atoms in total. The fraction of sp³-hybridized carbons (Fsp3) is 0.381. The monoisotopic (exact) mass is 338 g/mol. The number of hydrogen-bond acceptors (Lipinski definition) is 3. The van der Waals surface area contributed by atoms with E-state index in [-0.39, 0.29) is 11.9 Å². The SMILES string of the molecule is CN1CCC(N(C)C(=O)C(O)(c2ccccc2)c2ccccc2)CC1. The Kier molecular flexibility index (Phi) is 5.21. The lowest BCUT2D eigenvalue weighted by Crippen LogP contribution is -2.52. The summed E-state index contributed by atoms with van der Waals surface area (Å²) in [6.45, 7) is 1.94. The smallest absolute Gasteiger partial charge is 0.263 e. The van der Waals surface area contributed by atoms with Crippen molar-refractivity contribution >= 4 is 5.91 Å². The van der Waals surface area contributed by atoms with Gasteiger partial charge >= 0.3 is 0 Å². The van der Waals surface area contributed by atoms with Crippen LogP contribution in [0.25, 0.3) is 0 Å². The fourth-order valence-corrected chi connectivity index (χ4v) is 3.58. The number of carbonyl (C=O) groups is 1. The molecule has 1 aliphatic rings. The Morgan fingerprint density at radius 1 is 1.00 bits per heavy atom. The van der Waals surface area contributed by atoms with Gasteiger partial charge in [0.05, 0.1) is 0 Å². The van der Waals surface area contributed by atoms with Crippen molar-refractivity contribution in [2.24, 2.45) is 0 Å². The molecule has 1 amide bonds. The van der Waals surface area contributed by atoms with Crippen LogP contribution in [0.3, 0.4) is 0 Å². The lowest BCUT2D eigenvalue weighted by Gasteiger charge is -2.39. The van der Waals surface area contributed by atoms with E-state index in [1.165, 1.54) is 0 Å². The van der Waals surface area contributed by atoms with E-state index in [0.717, 1.165) is 25.9 Å². The van der Waals surface area contributed by atoms with Gasteiger partial charge in [0.15, 0.2) is 5.60 Å². The highest BCUT2D eigenvalue weighted by Crippen LogP contribution is 2.32. The Balaban J connectivity index is 1.96. The van der Waals surface area contributed by atoms with E-state index < -0.39 is 5.60 Å². The molecule has 3 rings (SSSR count). The highest BCUT2D eigenvalue weighted by molar-refractivity contribution is 5.90. The minimum Gasteiger partial charge on any atom is -0.372 e. The second-order valence-electron chi connectivity index (χ2n) is 6.89. The minimum atomic E-state index is -1.67. The molecule has 1 aliphatic heterocycles. The molecule has 0 bridgehead atoms. The van der Waals surface area contributed by atoms with E-state index in [0.29, 0.717) is 11.1 Å². The molecule has 0 radical (unpaired) electrons. The molecule has 25 heavy (non-hydrogen) atoms. The van der Waals surface area contributed by atoms with Crippen molar-refractivity contribution in [2.75, 3.05) is 27.2 Å². The van der Waals surface area contributed by atoms with Crippen LogP contribution in [0, 0.1) is 0 Å². The molecule has 0 saturated carbocycles. The second kappa shape index (κ2) is 7.38. The van der Waals surface area contributed by atoms with Gasteiger partial charge in [-0.3, -0.25) is 4.79 Å². The maximum absolute atomic E-state index is 13.4. The van der Waals surface area contributed by atoms with Crippen molar-refractivity contribution in [1.82, 2.24) is 9.80 Å². The maximum atomic E-state index is 13.4. The molecule has 0 unspecified atom stereocenters. The zero-order chi connectivity index (χ0) is 17.9. The van der Waals surface area contributed by atoms with E-state index in [9.17, 15) is 9.90 Å². The molecule has 0 aromatic heterocycles. The number of nitrogens with zero attached hydrogens (tertiary/aromatic N) is 2. The summed E-state index contributed by atoms with van der Waals surface area (Å²) < 4.78 is 0. The molecule has 4 heteroatoms. The number of amides is 1. The van der Waals surface area contributed by atoms with Gasteiger partial charge in [0.2, 0.25) is 0 Å². The van der Waals surface area contributed by atoms with Gasteiger partial charge in [0, 0.05) is 13.1 Å². The Morgan fingerprint density at radius 2 is 1.44 bits per heavy atom. The van der Waals surface area contributed by atoms with Crippen molar-refractivity contribution < 1.29 is 9.90 Å². The first-order valence-electron chi connectivity index (χ1n) is 8.82. The highest BCUT2D eigenvalue weighted by atomic mass is 16.3. The molecule has 1 fully saturated rings. The van der Waals surface area contributed by atoms with Gasteiger partial charge in [-0.25, -0.2) is 0 Å². The van der Waals surface area contributed by atoms with Crippen LogP contribution >= 0.6 is 0 Å². The van der Waals surface area contributed by atoms with Crippen molar-refractivity contribution in [2.45, 2.75) is 24.5 Å². The molecule has 2 aromatic carbocycles.